The summed E-state index contributed by atoms with van der Waals surface area (Å²) in [6.07, 6.45) is 3.04. The van der Waals surface area contributed by atoms with Crippen LogP contribution in [-0.4, -0.2) is 31.2 Å². The van der Waals surface area contributed by atoms with Gasteiger partial charge in [0.15, 0.2) is 11.5 Å². The lowest BCUT2D eigenvalue weighted by Crippen LogP contribution is -2.37. The molecule has 0 fully saturated rings. The molecule has 0 heterocycles. The smallest absolute Gasteiger partial charge is 0.329 e. The number of rotatable bonds is 9. The highest BCUT2D eigenvalue weighted by Crippen LogP contribution is 2.28. The van der Waals surface area contributed by atoms with E-state index in [2.05, 4.69) is 22.4 Å². The number of hydrogen-bond donors (Lipinski definition) is 2. The van der Waals surface area contributed by atoms with Crippen LogP contribution in [0.25, 0.3) is 0 Å². The van der Waals surface area contributed by atoms with E-state index in [-0.39, 0.29) is 6.54 Å². The topological polar surface area (TPSA) is 89.0 Å². The molecule has 0 unspecified atom stereocenters. The Balaban J connectivity index is 1.89. The van der Waals surface area contributed by atoms with Crippen molar-refractivity contribution in [3.05, 3.63) is 71.3 Å². The van der Waals surface area contributed by atoms with E-state index in [1.165, 1.54) is 6.21 Å². The summed E-state index contributed by atoms with van der Waals surface area (Å²) in [5.74, 6) is -0.536. The van der Waals surface area contributed by atoms with Crippen molar-refractivity contribution in [1.29, 1.82) is 0 Å². The molecule has 0 saturated carbocycles. The first kappa shape index (κ1) is 22.0. The van der Waals surface area contributed by atoms with E-state index in [9.17, 15) is 9.59 Å². The van der Waals surface area contributed by atoms with E-state index in [0.29, 0.717) is 35.3 Å². The molecule has 0 spiro atoms. The highest BCUT2D eigenvalue weighted by atomic mass is 35.5. The quantitative estimate of drug-likeness (QED) is 0.285. The fourth-order valence-corrected chi connectivity index (χ4v) is 2.35. The SMILES string of the molecule is C=CCOc1ccc(/C=N/NC(=O)C(=O)NCc2ccc(Cl)cc2)cc1OCC. The molecule has 2 N–H and O–H groups in total. The molecular weight excluding hydrogens is 394 g/mol. The molecule has 0 aliphatic heterocycles. The van der Waals surface area contributed by atoms with E-state index in [0.717, 1.165) is 5.56 Å². The second kappa shape index (κ2) is 11.5. The molecule has 0 atom stereocenters. The van der Waals surface area contributed by atoms with E-state index in [1.807, 2.05) is 6.92 Å². The number of nitrogens with one attached hydrogen (secondary N) is 2. The van der Waals surface area contributed by atoms with Crippen LogP contribution in [0.5, 0.6) is 11.5 Å². The van der Waals surface area contributed by atoms with Gasteiger partial charge in [0, 0.05) is 11.6 Å². The minimum absolute atomic E-state index is 0.205. The van der Waals surface area contributed by atoms with Crippen LogP contribution in [0.15, 0.2) is 60.2 Å². The highest BCUT2D eigenvalue weighted by molar-refractivity contribution is 6.35. The first-order valence-corrected chi connectivity index (χ1v) is 9.27. The van der Waals surface area contributed by atoms with Gasteiger partial charge in [-0.2, -0.15) is 5.10 Å². The Morgan fingerprint density at radius 1 is 1.10 bits per heavy atom. The zero-order valence-corrected chi connectivity index (χ0v) is 16.7. The number of carbonyl (C=O) groups excluding carboxylic acids is 2. The van der Waals surface area contributed by atoms with E-state index in [4.69, 9.17) is 21.1 Å². The largest absolute Gasteiger partial charge is 0.490 e. The lowest BCUT2D eigenvalue weighted by Gasteiger charge is -2.11. The average molecular weight is 416 g/mol. The van der Waals surface area contributed by atoms with Crippen LogP contribution in [-0.2, 0) is 16.1 Å². The van der Waals surface area contributed by atoms with Crippen LogP contribution in [0.4, 0.5) is 0 Å². The third kappa shape index (κ3) is 7.31. The first-order chi connectivity index (χ1) is 14.0. The van der Waals surface area contributed by atoms with Crippen molar-refractivity contribution < 1.29 is 19.1 Å². The van der Waals surface area contributed by atoms with Crippen LogP contribution < -0.4 is 20.2 Å². The molecule has 152 valence electrons. The molecule has 0 bridgehead atoms. The van der Waals surface area contributed by atoms with Gasteiger partial charge in [0.05, 0.1) is 12.8 Å². The summed E-state index contributed by atoms with van der Waals surface area (Å²) in [5.41, 5.74) is 3.68. The van der Waals surface area contributed by atoms with Gasteiger partial charge in [-0.3, -0.25) is 9.59 Å². The summed E-state index contributed by atoms with van der Waals surface area (Å²) in [4.78, 5) is 23.7. The van der Waals surface area contributed by atoms with Gasteiger partial charge in [-0.05, 0) is 48.4 Å². The van der Waals surface area contributed by atoms with Gasteiger partial charge in [-0.1, -0.05) is 36.4 Å². The third-order valence-electron chi connectivity index (χ3n) is 3.58. The van der Waals surface area contributed by atoms with Crippen molar-refractivity contribution in [1.82, 2.24) is 10.7 Å². The van der Waals surface area contributed by atoms with Gasteiger partial charge in [-0.15, -0.1) is 0 Å². The van der Waals surface area contributed by atoms with Gasteiger partial charge in [0.2, 0.25) is 0 Å². The van der Waals surface area contributed by atoms with E-state index >= 15 is 0 Å². The van der Waals surface area contributed by atoms with E-state index < -0.39 is 11.8 Å². The molecule has 2 amide bonds. The second-order valence-electron chi connectivity index (χ2n) is 5.75. The van der Waals surface area contributed by atoms with Gasteiger partial charge in [0.25, 0.3) is 0 Å². The van der Waals surface area contributed by atoms with E-state index in [1.54, 1.807) is 48.5 Å². The Kier molecular flexibility index (Phi) is 8.72. The lowest BCUT2D eigenvalue weighted by atomic mass is 10.2. The normalized spacial score (nSPS) is 10.4. The Bertz CT molecular complexity index is 882. The molecule has 0 saturated heterocycles. The maximum atomic E-state index is 11.8. The minimum atomic E-state index is -0.869. The Labute approximate surface area is 174 Å². The molecule has 2 rings (SSSR count). The standard InChI is InChI=1S/C21H22ClN3O4/c1-3-11-29-18-10-7-16(12-19(18)28-4-2)14-24-25-21(27)20(26)23-13-15-5-8-17(22)9-6-15/h3,5-10,12,14H,1,4,11,13H2,2H3,(H,23,26)(H,25,27)/b24-14+. The van der Waals surface area contributed by atoms with Gasteiger partial charge in [0.1, 0.15) is 6.61 Å². The molecule has 29 heavy (non-hydrogen) atoms. The Hall–Kier alpha value is -3.32. The van der Waals surface area contributed by atoms with Crippen molar-refractivity contribution in [3.63, 3.8) is 0 Å². The molecule has 7 nitrogen and oxygen atoms in total. The number of amides is 2. The predicted molar refractivity (Wildman–Crippen MR) is 112 cm³/mol. The molecular formula is C21H22ClN3O4. The summed E-state index contributed by atoms with van der Waals surface area (Å²) >= 11 is 5.80. The Morgan fingerprint density at radius 3 is 2.55 bits per heavy atom. The number of nitrogens with zero attached hydrogens (tertiary/aromatic N) is 1. The van der Waals surface area contributed by atoms with Crippen LogP contribution in [0.2, 0.25) is 5.02 Å². The molecule has 2 aromatic carbocycles. The van der Waals surface area contributed by atoms with Crippen molar-refractivity contribution in [2.24, 2.45) is 5.10 Å². The molecule has 0 radical (unpaired) electrons. The average Bonchev–Trinajstić information content (AvgIpc) is 2.72. The summed E-state index contributed by atoms with van der Waals surface area (Å²) in [6.45, 7) is 6.50. The van der Waals surface area contributed by atoms with Crippen LogP contribution in [0, 0.1) is 0 Å². The monoisotopic (exact) mass is 415 g/mol. The number of hydrogen-bond acceptors (Lipinski definition) is 5. The lowest BCUT2D eigenvalue weighted by molar-refractivity contribution is -0.139. The summed E-state index contributed by atoms with van der Waals surface area (Å²) < 4.78 is 11.1. The fourth-order valence-electron chi connectivity index (χ4n) is 2.22. The Morgan fingerprint density at radius 2 is 1.86 bits per heavy atom. The summed E-state index contributed by atoms with van der Waals surface area (Å²) in [7, 11) is 0. The fraction of sp³-hybridized carbons (Fsp3) is 0.190. The predicted octanol–water partition coefficient (Wildman–Crippen LogP) is 3.07. The third-order valence-corrected chi connectivity index (χ3v) is 3.83. The molecule has 2 aromatic rings. The molecule has 0 aliphatic carbocycles. The van der Waals surface area contributed by atoms with Gasteiger partial charge >= 0.3 is 11.8 Å². The van der Waals surface area contributed by atoms with Crippen molar-refractivity contribution in [2.75, 3.05) is 13.2 Å². The van der Waals surface area contributed by atoms with Crippen LogP contribution >= 0.6 is 11.6 Å². The molecule has 8 heteroatoms. The number of hydrazone groups is 1. The van der Waals surface area contributed by atoms with Gasteiger partial charge < -0.3 is 14.8 Å². The minimum Gasteiger partial charge on any atom is -0.490 e. The van der Waals surface area contributed by atoms with Gasteiger partial charge in [-0.25, -0.2) is 5.43 Å². The zero-order valence-electron chi connectivity index (χ0n) is 16.0. The highest BCUT2D eigenvalue weighted by Gasteiger charge is 2.12. The zero-order chi connectivity index (χ0) is 21.1. The number of benzene rings is 2. The van der Waals surface area contributed by atoms with Crippen LogP contribution in [0.3, 0.4) is 0 Å². The molecule has 0 aliphatic rings. The maximum Gasteiger partial charge on any atom is 0.329 e. The second-order valence-corrected chi connectivity index (χ2v) is 6.18. The maximum absolute atomic E-state index is 11.8. The van der Waals surface area contributed by atoms with Crippen molar-refractivity contribution >= 4 is 29.6 Å². The number of ether oxygens (including phenoxy) is 2. The molecule has 0 aromatic heterocycles. The van der Waals surface area contributed by atoms with Crippen LogP contribution in [0.1, 0.15) is 18.1 Å². The number of carbonyl (C=O) groups is 2. The summed E-state index contributed by atoms with van der Waals surface area (Å²) in [6, 6.07) is 12.1. The van der Waals surface area contributed by atoms with Crippen molar-refractivity contribution in [3.8, 4) is 11.5 Å². The number of halogens is 1. The first-order valence-electron chi connectivity index (χ1n) is 8.89. The van der Waals surface area contributed by atoms with Crippen molar-refractivity contribution in [2.45, 2.75) is 13.5 Å². The summed E-state index contributed by atoms with van der Waals surface area (Å²) in [5, 5.41) is 6.91.